The van der Waals surface area contributed by atoms with Gasteiger partial charge in [-0.1, -0.05) is 56.5 Å². The Balaban J connectivity index is 1.88. The summed E-state index contributed by atoms with van der Waals surface area (Å²) in [6.45, 7) is 18.0. The van der Waals surface area contributed by atoms with Crippen LogP contribution in [0.3, 0.4) is 0 Å². The summed E-state index contributed by atoms with van der Waals surface area (Å²) in [6.07, 6.45) is 19.8. The van der Waals surface area contributed by atoms with Crippen LogP contribution in [0.1, 0.15) is 50.7 Å². The number of aliphatic imine (C=N–C) groups is 2. The number of anilines is 1. The Kier molecular flexibility index (Phi) is 12.0. The van der Waals surface area contributed by atoms with E-state index in [0.717, 1.165) is 73.4 Å². The summed E-state index contributed by atoms with van der Waals surface area (Å²) in [4.78, 5) is 16.6. The van der Waals surface area contributed by atoms with Crippen LogP contribution in [0.5, 0.6) is 5.88 Å². The lowest BCUT2D eigenvalue weighted by Crippen LogP contribution is -2.21. The van der Waals surface area contributed by atoms with E-state index >= 15 is 0 Å². The fraction of sp³-hybridized carbons (Fsp3) is 0.406. The van der Waals surface area contributed by atoms with Crippen molar-refractivity contribution < 1.29 is 4.74 Å². The number of nitrogens with zero attached hydrogens (tertiary/aromatic N) is 4. The molecule has 2 N–H and O–H groups in total. The summed E-state index contributed by atoms with van der Waals surface area (Å²) in [5.74, 6) is 1.23. The molecule has 0 aromatic carbocycles. The number of hydrogen-bond donors (Lipinski definition) is 2. The standard InChI is InChI=1S/C32H44N6O/c1-7-14-26(23-38(6)20-8-2)15-13-18-35-32(33-9-3)37-29-17-12-10-11-16-27(24(29)4)28-22-36-31-30(25(28)5)34-19-21-39-31/h7,9-11,13-15,22,34H,1,3,8,12,16-21,23H2,2,4-6H3,(H,33,35)/b11-10?,15-13-,26-14+,27-24+,37-29+. The molecule has 1 aliphatic heterocycles. The number of allylic oxidation sites excluding steroid dienone is 6. The molecule has 0 unspecified atom stereocenters. The van der Waals surface area contributed by atoms with E-state index in [9.17, 15) is 0 Å². The fourth-order valence-electron chi connectivity index (χ4n) is 4.79. The van der Waals surface area contributed by atoms with Gasteiger partial charge in [-0.2, -0.15) is 0 Å². The molecule has 0 amide bonds. The van der Waals surface area contributed by atoms with E-state index in [0.29, 0.717) is 25.0 Å². The smallest absolute Gasteiger partial charge is 0.237 e. The van der Waals surface area contributed by atoms with Gasteiger partial charge in [0.25, 0.3) is 0 Å². The number of rotatable bonds is 10. The first-order valence-corrected chi connectivity index (χ1v) is 13.9. The molecular weight excluding hydrogens is 484 g/mol. The van der Waals surface area contributed by atoms with Crippen molar-refractivity contribution in [1.82, 2.24) is 15.2 Å². The van der Waals surface area contributed by atoms with Crippen molar-refractivity contribution in [2.45, 2.75) is 46.5 Å². The predicted octanol–water partition coefficient (Wildman–Crippen LogP) is 6.25. The van der Waals surface area contributed by atoms with E-state index in [1.54, 1.807) is 6.20 Å². The molecule has 0 saturated carbocycles. The molecule has 0 atom stereocenters. The van der Waals surface area contributed by atoms with Gasteiger partial charge in [0.05, 0.1) is 6.54 Å². The van der Waals surface area contributed by atoms with Gasteiger partial charge in [-0.05, 0) is 81.6 Å². The quantitative estimate of drug-likeness (QED) is 0.163. The van der Waals surface area contributed by atoms with E-state index in [2.05, 4.69) is 85.8 Å². The van der Waals surface area contributed by atoms with Crippen LogP contribution < -0.4 is 15.4 Å². The van der Waals surface area contributed by atoms with Gasteiger partial charge in [0.2, 0.25) is 11.8 Å². The zero-order chi connectivity index (χ0) is 28.0. The van der Waals surface area contributed by atoms with Crippen molar-refractivity contribution in [1.29, 1.82) is 0 Å². The first-order valence-electron chi connectivity index (χ1n) is 13.9. The van der Waals surface area contributed by atoms with Gasteiger partial charge in [0, 0.05) is 30.6 Å². The van der Waals surface area contributed by atoms with Crippen LogP contribution in [0.2, 0.25) is 0 Å². The van der Waals surface area contributed by atoms with Crippen molar-refractivity contribution in [3.63, 3.8) is 0 Å². The van der Waals surface area contributed by atoms with Gasteiger partial charge < -0.3 is 20.3 Å². The Morgan fingerprint density at radius 1 is 1.28 bits per heavy atom. The van der Waals surface area contributed by atoms with E-state index in [1.165, 1.54) is 11.1 Å². The maximum absolute atomic E-state index is 5.75. The van der Waals surface area contributed by atoms with Gasteiger partial charge in [-0.25, -0.2) is 15.0 Å². The van der Waals surface area contributed by atoms with Crippen molar-refractivity contribution >= 4 is 22.9 Å². The Bertz CT molecular complexity index is 1200. The molecule has 3 rings (SSSR count). The highest BCUT2D eigenvalue weighted by atomic mass is 16.5. The summed E-state index contributed by atoms with van der Waals surface area (Å²) in [7, 11) is 2.13. The molecule has 0 radical (unpaired) electrons. The van der Waals surface area contributed by atoms with Gasteiger partial charge in [-0.3, -0.25) is 0 Å². The molecule has 7 heteroatoms. The van der Waals surface area contributed by atoms with Crippen LogP contribution in [0.25, 0.3) is 5.57 Å². The molecule has 1 aliphatic carbocycles. The van der Waals surface area contributed by atoms with Crippen LogP contribution >= 0.6 is 0 Å². The Morgan fingerprint density at radius 3 is 2.90 bits per heavy atom. The molecule has 2 aliphatic rings. The first kappa shape index (κ1) is 29.8. The van der Waals surface area contributed by atoms with Crippen molar-refractivity contribution in [3.8, 4) is 5.88 Å². The fourth-order valence-corrected chi connectivity index (χ4v) is 4.79. The normalized spacial score (nSPS) is 19.4. The molecule has 1 aromatic rings. The monoisotopic (exact) mass is 528 g/mol. The Hall–Kier alpha value is -3.71. The molecule has 7 nitrogen and oxygen atoms in total. The number of pyridine rings is 1. The summed E-state index contributed by atoms with van der Waals surface area (Å²) in [5, 5.41) is 6.59. The highest BCUT2D eigenvalue weighted by Gasteiger charge is 2.20. The van der Waals surface area contributed by atoms with Crippen LogP contribution in [-0.4, -0.2) is 61.4 Å². The first-order chi connectivity index (χ1) is 19.0. The van der Waals surface area contributed by atoms with E-state index in [-0.39, 0.29) is 0 Å². The van der Waals surface area contributed by atoms with Gasteiger partial charge in [0.1, 0.15) is 12.3 Å². The zero-order valence-electron chi connectivity index (χ0n) is 24.1. The molecule has 1 aromatic heterocycles. The molecule has 0 bridgehead atoms. The third-order valence-corrected chi connectivity index (χ3v) is 6.73. The summed E-state index contributed by atoms with van der Waals surface area (Å²) in [6, 6.07) is 0. The lowest BCUT2D eigenvalue weighted by molar-refractivity contribution is 0.310. The summed E-state index contributed by atoms with van der Waals surface area (Å²) >= 11 is 0. The number of guanidine groups is 1. The van der Waals surface area contributed by atoms with Crippen LogP contribution in [0, 0.1) is 6.92 Å². The molecule has 2 heterocycles. The second-order valence-electron chi connectivity index (χ2n) is 9.76. The molecule has 0 spiro atoms. The van der Waals surface area contributed by atoms with Gasteiger partial charge >= 0.3 is 0 Å². The maximum Gasteiger partial charge on any atom is 0.237 e. The van der Waals surface area contributed by atoms with Gasteiger partial charge in [-0.15, -0.1) is 0 Å². The minimum Gasteiger partial charge on any atom is -0.474 e. The third kappa shape index (κ3) is 8.65. The van der Waals surface area contributed by atoms with Crippen molar-refractivity contribution in [2.24, 2.45) is 9.98 Å². The summed E-state index contributed by atoms with van der Waals surface area (Å²) in [5.41, 5.74) is 7.85. The number of ether oxygens (including phenoxy) is 1. The van der Waals surface area contributed by atoms with Crippen molar-refractivity contribution in [2.75, 3.05) is 45.2 Å². The third-order valence-electron chi connectivity index (χ3n) is 6.73. The number of likely N-dealkylation sites (N-methyl/N-ethyl adjacent to an activating group) is 1. The largest absolute Gasteiger partial charge is 0.474 e. The van der Waals surface area contributed by atoms with Crippen LogP contribution in [0.4, 0.5) is 5.69 Å². The molecule has 0 fully saturated rings. The second-order valence-corrected chi connectivity index (χ2v) is 9.76. The minimum absolute atomic E-state index is 0.508. The molecule has 208 valence electrons. The number of nitrogens with one attached hydrogen (secondary N) is 2. The lowest BCUT2D eigenvalue weighted by atomic mass is 9.89. The zero-order valence-corrected chi connectivity index (χ0v) is 24.1. The number of fused-ring (bicyclic) bond motifs is 1. The topological polar surface area (TPSA) is 74.1 Å². The highest BCUT2D eigenvalue weighted by molar-refractivity contribution is 6.11. The number of aromatic nitrogens is 1. The number of hydrogen-bond acceptors (Lipinski definition) is 5. The Morgan fingerprint density at radius 2 is 2.13 bits per heavy atom. The minimum atomic E-state index is 0.508. The average Bonchev–Trinajstić information content (AvgIpc) is 2.92. The molecular formula is C32H44N6O. The molecule has 39 heavy (non-hydrogen) atoms. The average molecular weight is 529 g/mol. The van der Waals surface area contributed by atoms with Crippen LogP contribution in [0.15, 0.2) is 83.1 Å². The second kappa shape index (κ2) is 15.6. The lowest BCUT2D eigenvalue weighted by Gasteiger charge is -2.23. The predicted molar refractivity (Wildman–Crippen MR) is 167 cm³/mol. The summed E-state index contributed by atoms with van der Waals surface area (Å²) < 4.78 is 5.75. The highest BCUT2D eigenvalue weighted by Crippen LogP contribution is 2.36. The van der Waals surface area contributed by atoms with E-state index in [4.69, 9.17) is 14.7 Å². The maximum atomic E-state index is 5.75. The Labute approximate surface area is 234 Å². The van der Waals surface area contributed by atoms with Gasteiger partial charge in [0.15, 0.2) is 0 Å². The van der Waals surface area contributed by atoms with E-state index in [1.807, 2.05) is 18.3 Å². The SMILES string of the molecule is C=C/C=C(\C=C/CN=C(/N=C1CCC=CC/C(c2cnc3c(c2C)NCCO3)=C\1C)NC=C)CN(C)CCC. The van der Waals surface area contributed by atoms with Crippen molar-refractivity contribution in [3.05, 3.63) is 84.3 Å². The van der Waals surface area contributed by atoms with E-state index < -0.39 is 0 Å². The molecule has 0 saturated heterocycles. The van der Waals surface area contributed by atoms with Crippen LogP contribution in [-0.2, 0) is 0 Å².